The van der Waals surface area contributed by atoms with E-state index >= 15 is 0 Å². The molecule has 1 aliphatic rings. The molecule has 0 saturated heterocycles. The maximum atomic E-state index is 11.9. The van der Waals surface area contributed by atoms with E-state index in [1.807, 2.05) is 20.8 Å². The molecule has 3 N–H and O–H groups in total. The molecule has 1 fully saturated rings. The normalized spacial score (nSPS) is 26.2. The molecule has 0 aromatic heterocycles. The summed E-state index contributed by atoms with van der Waals surface area (Å²) >= 11 is 0. The van der Waals surface area contributed by atoms with Gasteiger partial charge in [-0.1, -0.05) is 6.92 Å². The molecular formula is C15H28N2O4. The Labute approximate surface area is 126 Å². The second-order valence-corrected chi connectivity index (χ2v) is 6.91. The van der Waals surface area contributed by atoms with Crippen LogP contribution in [0.2, 0.25) is 0 Å². The number of carbonyl (C=O) groups is 2. The minimum absolute atomic E-state index is 0.250. The summed E-state index contributed by atoms with van der Waals surface area (Å²) in [7, 11) is 0. The van der Waals surface area contributed by atoms with E-state index in [0.29, 0.717) is 31.9 Å². The van der Waals surface area contributed by atoms with E-state index in [1.54, 1.807) is 0 Å². The average molecular weight is 300 g/mol. The highest BCUT2D eigenvalue weighted by atomic mass is 16.5. The van der Waals surface area contributed by atoms with Crippen molar-refractivity contribution in [1.29, 1.82) is 0 Å². The van der Waals surface area contributed by atoms with Gasteiger partial charge < -0.3 is 20.5 Å². The van der Waals surface area contributed by atoms with Gasteiger partial charge in [-0.2, -0.15) is 0 Å². The summed E-state index contributed by atoms with van der Waals surface area (Å²) in [4.78, 5) is 23.4. The molecule has 21 heavy (non-hydrogen) atoms. The zero-order valence-electron chi connectivity index (χ0n) is 13.5. The van der Waals surface area contributed by atoms with E-state index in [-0.39, 0.29) is 5.60 Å². The molecule has 0 atom stereocenters. The Hall–Kier alpha value is -1.30. The Bertz CT molecular complexity index is 368. The maximum Gasteiger partial charge on any atom is 0.329 e. The summed E-state index contributed by atoms with van der Waals surface area (Å²) in [5.41, 5.74) is -1.37. The molecule has 0 spiro atoms. The summed E-state index contributed by atoms with van der Waals surface area (Å²) in [6.45, 7) is 8.68. The van der Waals surface area contributed by atoms with E-state index in [4.69, 9.17) is 4.74 Å². The van der Waals surface area contributed by atoms with Gasteiger partial charge in [0.05, 0.1) is 12.2 Å². The van der Waals surface area contributed by atoms with Crippen LogP contribution in [0.4, 0.5) is 4.79 Å². The van der Waals surface area contributed by atoms with Gasteiger partial charge in [0.1, 0.15) is 5.54 Å². The van der Waals surface area contributed by atoms with Crippen LogP contribution in [0.5, 0.6) is 0 Å². The molecule has 0 aliphatic heterocycles. The molecule has 1 rings (SSSR count). The second-order valence-electron chi connectivity index (χ2n) is 6.91. The number of carboxylic acids is 1. The number of urea groups is 1. The number of ether oxygens (including phenoxy) is 1. The number of carbonyl (C=O) groups excluding carboxylic acids is 1. The fourth-order valence-corrected chi connectivity index (χ4v) is 2.43. The van der Waals surface area contributed by atoms with Crippen molar-refractivity contribution in [2.45, 2.75) is 64.5 Å². The first-order chi connectivity index (χ1) is 9.65. The van der Waals surface area contributed by atoms with E-state index in [0.717, 1.165) is 12.8 Å². The lowest BCUT2D eigenvalue weighted by Crippen LogP contribution is -2.58. The van der Waals surface area contributed by atoms with Crippen molar-refractivity contribution in [3.63, 3.8) is 0 Å². The van der Waals surface area contributed by atoms with Crippen LogP contribution in [0.3, 0.4) is 0 Å². The molecule has 6 nitrogen and oxygen atoms in total. The zero-order valence-corrected chi connectivity index (χ0v) is 13.5. The van der Waals surface area contributed by atoms with Crippen LogP contribution in [-0.4, -0.2) is 41.4 Å². The number of hydrogen-bond donors (Lipinski definition) is 3. The minimum atomic E-state index is -1.12. The standard InChI is InChI=1S/C15H28N2O4/c1-11-5-7-15(8-6-11,12(18)19)17-13(20)16-9-10-21-14(2,3)4/h11H,5-10H2,1-4H3,(H,18,19)(H2,16,17,20). The third-order valence-corrected chi connectivity index (χ3v) is 3.81. The molecule has 0 radical (unpaired) electrons. The fourth-order valence-electron chi connectivity index (χ4n) is 2.43. The Balaban J connectivity index is 2.42. The van der Waals surface area contributed by atoms with E-state index < -0.39 is 17.5 Å². The van der Waals surface area contributed by atoms with Crippen LogP contribution in [-0.2, 0) is 9.53 Å². The first-order valence-electron chi connectivity index (χ1n) is 7.58. The van der Waals surface area contributed by atoms with Gasteiger partial charge in [0.15, 0.2) is 0 Å². The van der Waals surface area contributed by atoms with E-state index in [9.17, 15) is 14.7 Å². The SMILES string of the molecule is CC1CCC(NC(=O)NCCOC(C)(C)C)(C(=O)O)CC1. The number of aliphatic carboxylic acids is 1. The monoisotopic (exact) mass is 300 g/mol. The molecule has 1 saturated carbocycles. The van der Waals surface area contributed by atoms with Crippen LogP contribution >= 0.6 is 0 Å². The highest BCUT2D eigenvalue weighted by Crippen LogP contribution is 2.32. The Morgan fingerprint density at radius 2 is 1.86 bits per heavy atom. The van der Waals surface area contributed by atoms with Gasteiger partial charge in [-0.25, -0.2) is 9.59 Å². The van der Waals surface area contributed by atoms with Crippen molar-refractivity contribution < 1.29 is 19.4 Å². The van der Waals surface area contributed by atoms with Gasteiger partial charge in [-0.15, -0.1) is 0 Å². The first-order valence-corrected chi connectivity index (χ1v) is 7.58. The summed E-state index contributed by atoms with van der Waals surface area (Å²) in [5, 5.41) is 14.7. The highest BCUT2D eigenvalue weighted by Gasteiger charge is 2.42. The number of hydrogen-bond acceptors (Lipinski definition) is 3. The van der Waals surface area contributed by atoms with Gasteiger partial charge in [0, 0.05) is 6.54 Å². The smallest absolute Gasteiger partial charge is 0.329 e. The lowest BCUT2D eigenvalue weighted by atomic mass is 9.77. The fraction of sp³-hybridized carbons (Fsp3) is 0.867. The van der Waals surface area contributed by atoms with Crippen molar-refractivity contribution in [1.82, 2.24) is 10.6 Å². The lowest BCUT2D eigenvalue weighted by molar-refractivity contribution is -0.146. The number of nitrogens with one attached hydrogen (secondary N) is 2. The topological polar surface area (TPSA) is 87.7 Å². The number of amides is 2. The largest absolute Gasteiger partial charge is 0.480 e. The highest BCUT2D eigenvalue weighted by molar-refractivity contribution is 5.86. The lowest BCUT2D eigenvalue weighted by Gasteiger charge is -2.36. The molecule has 0 bridgehead atoms. The molecule has 0 aromatic carbocycles. The van der Waals surface area contributed by atoms with Crippen molar-refractivity contribution in [3.05, 3.63) is 0 Å². The van der Waals surface area contributed by atoms with Crippen LogP contribution in [0.15, 0.2) is 0 Å². The zero-order chi connectivity index (χ0) is 16.1. The van der Waals surface area contributed by atoms with Crippen molar-refractivity contribution in [2.24, 2.45) is 5.92 Å². The van der Waals surface area contributed by atoms with E-state index in [2.05, 4.69) is 17.6 Å². The predicted octanol–water partition coefficient (Wildman–Crippen LogP) is 2.13. The molecular weight excluding hydrogens is 272 g/mol. The van der Waals surface area contributed by atoms with Gasteiger partial charge >= 0.3 is 12.0 Å². The van der Waals surface area contributed by atoms with Crippen molar-refractivity contribution >= 4 is 12.0 Å². The Morgan fingerprint density at radius 1 is 1.29 bits per heavy atom. The predicted molar refractivity (Wildman–Crippen MR) is 80.2 cm³/mol. The summed E-state index contributed by atoms with van der Waals surface area (Å²) in [6, 6.07) is -0.440. The maximum absolute atomic E-state index is 11.9. The number of rotatable bonds is 5. The molecule has 6 heteroatoms. The third-order valence-electron chi connectivity index (χ3n) is 3.81. The third kappa shape index (κ3) is 5.91. The van der Waals surface area contributed by atoms with Crippen LogP contribution < -0.4 is 10.6 Å². The molecule has 0 aromatic rings. The second kappa shape index (κ2) is 7.11. The molecule has 0 unspecified atom stereocenters. The molecule has 2 amide bonds. The minimum Gasteiger partial charge on any atom is -0.480 e. The van der Waals surface area contributed by atoms with Gasteiger partial charge in [-0.3, -0.25) is 0 Å². The van der Waals surface area contributed by atoms with Crippen LogP contribution in [0.1, 0.15) is 53.4 Å². The molecule has 0 heterocycles. The van der Waals surface area contributed by atoms with Gasteiger partial charge in [-0.05, 0) is 52.4 Å². The quantitative estimate of drug-likeness (QED) is 0.679. The van der Waals surface area contributed by atoms with Crippen LogP contribution in [0, 0.1) is 5.92 Å². The van der Waals surface area contributed by atoms with Gasteiger partial charge in [0.2, 0.25) is 0 Å². The number of carboxylic acid groups (broad SMARTS) is 1. The Kier molecular flexibility index (Phi) is 6.01. The summed E-state index contributed by atoms with van der Waals surface area (Å²) < 4.78 is 5.50. The molecule has 1 aliphatic carbocycles. The Morgan fingerprint density at radius 3 is 2.33 bits per heavy atom. The van der Waals surface area contributed by atoms with Crippen LogP contribution in [0.25, 0.3) is 0 Å². The summed E-state index contributed by atoms with van der Waals surface area (Å²) in [6.07, 6.45) is 2.60. The first kappa shape index (κ1) is 17.8. The van der Waals surface area contributed by atoms with Crippen molar-refractivity contribution in [2.75, 3.05) is 13.2 Å². The average Bonchev–Trinajstić information content (AvgIpc) is 2.36. The summed E-state index contributed by atoms with van der Waals surface area (Å²) in [5.74, 6) is -0.432. The van der Waals surface area contributed by atoms with E-state index in [1.165, 1.54) is 0 Å². The van der Waals surface area contributed by atoms with Crippen molar-refractivity contribution in [3.8, 4) is 0 Å². The van der Waals surface area contributed by atoms with Gasteiger partial charge in [0.25, 0.3) is 0 Å². The molecule has 122 valence electrons.